The smallest absolute Gasteiger partial charge is 0.270 e. The van der Waals surface area contributed by atoms with Crippen molar-refractivity contribution in [1.82, 2.24) is 14.9 Å². The average molecular weight is 480 g/mol. The number of anilines is 1. The first-order valence-corrected chi connectivity index (χ1v) is 11.6. The van der Waals surface area contributed by atoms with Gasteiger partial charge in [0, 0.05) is 56.0 Å². The number of rotatable bonds is 6. The third-order valence-corrected chi connectivity index (χ3v) is 6.31. The van der Waals surface area contributed by atoms with Crippen molar-refractivity contribution in [1.29, 1.82) is 0 Å². The molecule has 34 heavy (non-hydrogen) atoms. The van der Waals surface area contributed by atoms with Gasteiger partial charge in [0.1, 0.15) is 11.6 Å². The van der Waals surface area contributed by atoms with Gasteiger partial charge in [0.05, 0.1) is 15.5 Å². The molecule has 9 heteroatoms. The van der Waals surface area contributed by atoms with Gasteiger partial charge in [-0.3, -0.25) is 14.9 Å². The van der Waals surface area contributed by atoms with Crippen molar-refractivity contribution in [3.05, 3.63) is 91.9 Å². The van der Waals surface area contributed by atoms with Crippen molar-refractivity contribution in [2.75, 3.05) is 31.1 Å². The fourth-order valence-electron chi connectivity index (χ4n) is 4.26. The minimum atomic E-state index is -0.528. The van der Waals surface area contributed by atoms with Crippen molar-refractivity contribution in [3.63, 3.8) is 0 Å². The van der Waals surface area contributed by atoms with Crippen LogP contribution in [0, 0.1) is 17.0 Å². The third-order valence-electron chi connectivity index (χ3n) is 6.00. The van der Waals surface area contributed by atoms with Crippen LogP contribution in [0.15, 0.2) is 48.5 Å². The van der Waals surface area contributed by atoms with E-state index in [-0.39, 0.29) is 22.2 Å². The van der Waals surface area contributed by atoms with Crippen molar-refractivity contribution < 1.29 is 9.72 Å². The highest BCUT2D eigenvalue weighted by atomic mass is 35.5. The molecule has 1 aromatic heterocycles. The number of hydrogen-bond acceptors (Lipinski definition) is 6. The quantitative estimate of drug-likeness (QED) is 0.382. The zero-order valence-corrected chi connectivity index (χ0v) is 20.0. The van der Waals surface area contributed by atoms with Crippen LogP contribution in [0.3, 0.4) is 0 Å². The summed E-state index contributed by atoms with van der Waals surface area (Å²) in [4.78, 5) is 36.9. The fourth-order valence-corrected chi connectivity index (χ4v) is 4.51. The Hall–Kier alpha value is -3.52. The van der Waals surface area contributed by atoms with Crippen LogP contribution in [0.4, 0.5) is 11.5 Å². The molecule has 0 radical (unpaired) electrons. The number of amides is 1. The first-order chi connectivity index (χ1) is 16.4. The predicted octanol–water partition coefficient (Wildman–Crippen LogP) is 4.46. The number of nitrogens with zero attached hydrogens (tertiary/aromatic N) is 5. The summed E-state index contributed by atoms with van der Waals surface area (Å²) in [6, 6.07) is 14.2. The second-order valence-electron chi connectivity index (χ2n) is 8.24. The van der Waals surface area contributed by atoms with Gasteiger partial charge in [0.25, 0.3) is 11.6 Å². The normalized spacial score (nSPS) is 13.7. The molecule has 0 N–H and O–H groups in total. The van der Waals surface area contributed by atoms with E-state index in [4.69, 9.17) is 21.6 Å². The van der Waals surface area contributed by atoms with Crippen molar-refractivity contribution in [2.45, 2.75) is 26.7 Å². The molecule has 0 spiro atoms. The molecule has 8 nitrogen and oxygen atoms in total. The summed E-state index contributed by atoms with van der Waals surface area (Å²) in [5.41, 5.74) is 3.51. The lowest BCUT2D eigenvalue weighted by Crippen LogP contribution is -2.49. The Morgan fingerprint density at radius 2 is 1.79 bits per heavy atom. The topological polar surface area (TPSA) is 92.5 Å². The lowest BCUT2D eigenvalue weighted by Gasteiger charge is -2.36. The molecule has 2 aromatic carbocycles. The Morgan fingerprint density at radius 1 is 1.09 bits per heavy atom. The van der Waals surface area contributed by atoms with Crippen LogP contribution >= 0.6 is 11.6 Å². The molecule has 1 aliphatic heterocycles. The average Bonchev–Trinajstić information content (AvgIpc) is 2.85. The minimum absolute atomic E-state index is 0.0887. The summed E-state index contributed by atoms with van der Waals surface area (Å²) in [5, 5.41) is 11.0. The fraction of sp³-hybridized carbons (Fsp3) is 0.320. The Balaban J connectivity index is 1.53. The first kappa shape index (κ1) is 23.6. The molecule has 1 saturated heterocycles. The summed E-state index contributed by atoms with van der Waals surface area (Å²) >= 11 is 6.18. The maximum Gasteiger partial charge on any atom is 0.270 e. The van der Waals surface area contributed by atoms with E-state index in [0.717, 1.165) is 35.7 Å². The Kier molecular flexibility index (Phi) is 7.07. The van der Waals surface area contributed by atoms with Gasteiger partial charge >= 0.3 is 0 Å². The number of non-ortho nitro benzene ring substituents is 1. The van der Waals surface area contributed by atoms with E-state index in [0.29, 0.717) is 26.2 Å². The predicted molar refractivity (Wildman–Crippen MR) is 132 cm³/mol. The molecule has 3 aromatic rings. The molecule has 2 heterocycles. The Bertz CT molecular complexity index is 1210. The summed E-state index contributed by atoms with van der Waals surface area (Å²) in [6.45, 7) is 6.26. The number of aromatic nitrogens is 2. The maximum absolute atomic E-state index is 13.0. The molecular weight excluding hydrogens is 454 g/mol. The molecule has 0 bridgehead atoms. The summed E-state index contributed by atoms with van der Waals surface area (Å²) in [5.74, 6) is 1.44. The third kappa shape index (κ3) is 5.02. The number of hydrogen-bond donors (Lipinski definition) is 0. The first-order valence-electron chi connectivity index (χ1n) is 11.3. The van der Waals surface area contributed by atoms with Crippen molar-refractivity contribution >= 4 is 29.0 Å². The highest BCUT2D eigenvalue weighted by Crippen LogP contribution is 2.27. The van der Waals surface area contributed by atoms with E-state index < -0.39 is 4.92 Å². The number of carbonyl (C=O) groups is 1. The maximum atomic E-state index is 13.0. The Labute approximate surface area is 203 Å². The monoisotopic (exact) mass is 479 g/mol. The van der Waals surface area contributed by atoms with Gasteiger partial charge in [-0.2, -0.15) is 0 Å². The van der Waals surface area contributed by atoms with E-state index >= 15 is 0 Å². The van der Waals surface area contributed by atoms with Crippen molar-refractivity contribution in [2.24, 2.45) is 0 Å². The van der Waals surface area contributed by atoms with E-state index in [1.54, 1.807) is 4.90 Å². The van der Waals surface area contributed by atoms with E-state index in [2.05, 4.69) is 24.0 Å². The van der Waals surface area contributed by atoms with Crippen molar-refractivity contribution in [3.8, 4) is 0 Å². The van der Waals surface area contributed by atoms with E-state index in [1.807, 2.05) is 25.1 Å². The molecule has 0 unspecified atom stereocenters. The van der Waals surface area contributed by atoms with Crippen LogP contribution in [-0.2, 0) is 12.8 Å². The summed E-state index contributed by atoms with van der Waals surface area (Å²) in [6.07, 6.45) is 1.56. The van der Waals surface area contributed by atoms with Gasteiger partial charge < -0.3 is 9.80 Å². The molecule has 1 fully saturated rings. The van der Waals surface area contributed by atoms with Crippen LogP contribution in [-0.4, -0.2) is 51.9 Å². The van der Waals surface area contributed by atoms with Gasteiger partial charge in [-0.1, -0.05) is 48.9 Å². The van der Waals surface area contributed by atoms with Gasteiger partial charge in [-0.25, -0.2) is 9.97 Å². The Morgan fingerprint density at radius 3 is 2.41 bits per heavy atom. The highest BCUT2D eigenvalue weighted by Gasteiger charge is 2.27. The number of aryl methyl sites for hydroxylation is 2. The SMILES string of the molecule is CCc1nc(C)nc(N2CCN(C(=O)c3ccc([N+](=O)[O-])cc3Cl)CC2)c1Cc1ccccc1. The van der Waals surface area contributed by atoms with Gasteiger partial charge in [0.2, 0.25) is 0 Å². The van der Waals surface area contributed by atoms with Crippen LogP contribution in [0.5, 0.6) is 0 Å². The summed E-state index contributed by atoms with van der Waals surface area (Å²) < 4.78 is 0. The molecular formula is C25H26ClN5O3. The lowest BCUT2D eigenvalue weighted by atomic mass is 10.0. The standard InChI is InChI=1S/C25H26ClN5O3/c1-3-23-21(15-18-7-5-4-6-8-18)24(28-17(2)27-23)29-11-13-30(14-12-29)25(32)20-10-9-19(31(33)34)16-22(20)26/h4-10,16H,3,11-15H2,1-2H3. The van der Waals surface area contributed by atoms with Crippen LogP contribution < -0.4 is 4.90 Å². The van der Waals surface area contributed by atoms with Crippen LogP contribution in [0.1, 0.15) is 39.9 Å². The van der Waals surface area contributed by atoms with Crippen LogP contribution in [0.2, 0.25) is 5.02 Å². The number of carbonyl (C=O) groups excluding carboxylic acids is 1. The number of piperazine rings is 1. The second kappa shape index (κ2) is 10.2. The van der Waals surface area contributed by atoms with Gasteiger partial charge in [0.15, 0.2) is 0 Å². The largest absolute Gasteiger partial charge is 0.353 e. The molecule has 0 atom stereocenters. The number of nitro groups is 1. The zero-order valence-electron chi connectivity index (χ0n) is 19.2. The van der Waals surface area contributed by atoms with Gasteiger partial charge in [-0.15, -0.1) is 0 Å². The minimum Gasteiger partial charge on any atom is -0.353 e. The van der Waals surface area contributed by atoms with Crippen LogP contribution in [0.25, 0.3) is 0 Å². The second-order valence-corrected chi connectivity index (χ2v) is 8.64. The number of benzene rings is 2. The highest BCUT2D eigenvalue weighted by molar-refractivity contribution is 6.34. The number of halogens is 1. The number of nitro benzene ring substituents is 1. The molecule has 0 aliphatic carbocycles. The van der Waals surface area contributed by atoms with E-state index in [1.165, 1.54) is 23.8 Å². The molecule has 176 valence electrons. The molecule has 0 saturated carbocycles. The molecule has 1 amide bonds. The van der Waals surface area contributed by atoms with E-state index in [9.17, 15) is 14.9 Å². The molecule has 1 aliphatic rings. The summed E-state index contributed by atoms with van der Waals surface area (Å²) in [7, 11) is 0. The zero-order chi connectivity index (χ0) is 24.2. The molecule has 4 rings (SSSR count). The lowest BCUT2D eigenvalue weighted by molar-refractivity contribution is -0.384. The van der Waals surface area contributed by atoms with Gasteiger partial charge in [-0.05, 0) is 25.0 Å².